The fourth-order valence-corrected chi connectivity index (χ4v) is 1.23. The normalized spacial score (nSPS) is 13.0. The average Bonchev–Trinajstić information content (AvgIpc) is 2.71. The number of rotatable bonds is 7. The highest BCUT2D eigenvalue weighted by atomic mass is 16.5. The Balaban J connectivity index is 2.24. The summed E-state index contributed by atoms with van der Waals surface area (Å²) >= 11 is 0. The van der Waals surface area contributed by atoms with E-state index in [1.165, 1.54) is 0 Å². The van der Waals surface area contributed by atoms with Gasteiger partial charge in [0.05, 0.1) is 13.2 Å². The number of furan rings is 1. The third-order valence-corrected chi connectivity index (χ3v) is 2.07. The van der Waals surface area contributed by atoms with E-state index >= 15 is 0 Å². The van der Waals surface area contributed by atoms with Crippen LogP contribution < -0.4 is 5.32 Å². The molecule has 1 unspecified atom stereocenters. The SMILES string of the molecule is CCOCC(C)NCc1ccc(CO)o1. The van der Waals surface area contributed by atoms with Gasteiger partial charge in [-0.05, 0) is 26.0 Å². The van der Waals surface area contributed by atoms with Crippen LogP contribution in [-0.4, -0.2) is 24.4 Å². The first kappa shape index (κ1) is 12.2. The Morgan fingerprint density at radius 1 is 1.47 bits per heavy atom. The molecular weight excluding hydrogens is 194 g/mol. The molecule has 0 fully saturated rings. The molecule has 1 aromatic rings. The molecule has 0 aliphatic heterocycles. The van der Waals surface area contributed by atoms with E-state index in [0.717, 1.165) is 12.4 Å². The molecule has 0 radical (unpaired) electrons. The number of aliphatic hydroxyl groups excluding tert-OH is 1. The fraction of sp³-hybridized carbons (Fsp3) is 0.636. The molecule has 2 N–H and O–H groups in total. The van der Waals surface area contributed by atoms with Gasteiger partial charge in [0.15, 0.2) is 0 Å². The Labute approximate surface area is 90.2 Å². The molecule has 1 heterocycles. The summed E-state index contributed by atoms with van der Waals surface area (Å²) < 4.78 is 10.6. The highest BCUT2D eigenvalue weighted by molar-refractivity contribution is 5.06. The highest BCUT2D eigenvalue weighted by Crippen LogP contribution is 2.07. The highest BCUT2D eigenvalue weighted by Gasteiger charge is 2.04. The van der Waals surface area contributed by atoms with E-state index in [1.807, 2.05) is 13.0 Å². The maximum atomic E-state index is 8.81. The lowest BCUT2D eigenvalue weighted by atomic mass is 10.3. The molecule has 86 valence electrons. The predicted octanol–water partition coefficient (Wildman–Crippen LogP) is 1.29. The molecule has 1 aromatic heterocycles. The van der Waals surface area contributed by atoms with Crippen molar-refractivity contribution in [2.24, 2.45) is 0 Å². The minimum atomic E-state index is -0.0471. The van der Waals surface area contributed by atoms with Gasteiger partial charge in [-0.2, -0.15) is 0 Å². The van der Waals surface area contributed by atoms with Gasteiger partial charge in [0.2, 0.25) is 0 Å². The van der Waals surface area contributed by atoms with E-state index in [0.29, 0.717) is 25.0 Å². The zero-order chi connectivity index (χ0) is 11.1. The second-order valence-electron chi connectivity index (χ2n) is 3.47. The summed E-state index contributed by atoms with van der Waals surface area (Å²) in [5.41, 5.74) is 0. The third kappa shape index (κ3) is 4.46. The van der Waals surface area contributed by atoms with Crippen molar-refractivity contribution >= 4 is 0 Å². The van der Waals surface area contributed by atoms with Gasteiger partial charge in [-0.25, -0.2) is 0 Å². The lowest BCUT2D eigenvalue weighted by Gasteiger charge is -2.12. The van der Waals surface area contributed by atoms with Crippen molar-refractivity contribution in [3.05, 3.63) is 23.7 Å². The van der Waals surface area contributed by atoms with Crippen LogP contribution in [0.4, 0.5) is 0 Å². The molecule has 1 rings (SSSR count). The molecule has 0 spiro atoms. The van der Waals surface area contributed by atoms with Gasteiger partial charge < -0.3 is 19.6 Å². The first-order valence-corrected chi connectivity index (χ1v) is 5.25. The molecule has 0 aromatic carbocycles. The summed E-state index contributed by atoms with van der Waals surface area (Å²) in [6, 6.07) is 3.95. The fourth-order valence-electron chi connectivity index (χ4n) is 1.23. The van der Waals surface area contributed by atoms with E-state index in [1.54, 1.807) is 6.07 Å². The molecule has 0 saturated heterocycles. The molecule has 0 aliphatic rings. The summed E-state index contributed by atoms with van der Waals surface area (Å²) in [5.74, 6) is 1.44. The zero-order valence-corrected chi connectivity index (χ0v) is 9.32. The Bertz CT molecular complexity index is 273. The molecule has 4 nitrogen and oxygen atoms in total. The lowest BCUT2D eigenvalue weighted by Crippen LogP contribution is -2.29. The number of ether oxygens (including phenoxy) is 1. The second kappa shape index (κ2) is 6.61. The van der Waals surface area contributed by atoms with E-state index in [9.17, 15) is 0 Å². The van der Waals surface area contributed by atoms with Crippen LogP contribution in [0.2, 0.25) is 0 Å². The second-order valence-corrected chi connectivity index (χ2v) is 3.47. The van der Waals surface area contributed by atoms with Crippen molar-refractivity contribution in [1.82, 2.24) is 5.32 Å². The molecule has 0 aliphatic carbocycles. The number of hydrogen-bond acceptors (Lipinski definition) is 4. The summed E-state index contributed by atoms with van der Waals surface area (Å²) in [7, 11) is 0. The Morgan fingerprint density at radius 3 is 2.80 bits per heavy atom. The molecule has 0 saturated carbocycles. The van der Waals surface area contributed by atoms with Crippen molar-refractivity contribution in [2.75, 3.05) is 13.2 Å². The predicted molar refractivity (Wildman–Crippen MR) is 57.4 cm³/mol. The van der Waals surface area contributed by atoms with Gasteiger partial charge in [-0.3, -0.25) is 0 Å². The quantitative estimate of drug-likeness (QED) is 0.716. The van der Waals surface area contributed by atoms with Crippen molar-refractivity contribution in [1.29, 1.82) is 0 Å². The van der Waals surface area contributed by atoms with Gasteiger partial charge in [0.1, 0.15) is 18.1 Å². The van der Waals surface area contributed by atoms with Crippen LogP contribution in [-0.2, 0) is 17.9 Å². The van der Waals surface area contributed by atoms with Crippen molar-refractivity contribution in [2.45, 2.75) is 33.0 Å². The van der Waals surface area contributed by atoms with Gasteiger partial charge in [-0.1, -0.05) is 0 Å². The molecule has 0 amide bonds. The van der Waals surface area contributed by atoms with Crippen LogP contribution in [0.1, 0.15) is 25.4 Å². The summed E-state index contributed by atoms with van der Waals surface area (Å²) in [6.45, 7) is 6.09. The van der Waals surface area contributed by atoms with E-state index in [-0.39, 0.29) is 6.61 Å². The Kier molecular flexibility index (Phi) is 5.39. The lowest BCUT2D eigenvalue weighted by molar-refractivity contribution is 0.126. The summed E-state index contributed by atoms with van der Waals surface area (Å²) in [4.78, 5) is 0. The molecule has 15 heavy (non-hydrogen) atoms. The van der Waals surface area contributed by atoms with Gasteiger partial charge in [0.25, 0.3) is 0 Å². The molecule has 4 heteroatoms. The topological polar surface area (TPSA) is 54.6 Å². The summed E-state index contributed by atoms with van der Waals surface area (Å²) in [6.07, 6.45) is 0. The first-order chi connectivity index (χ1) is 7.26. The first-order valence-electron chi connectivity index (χ1n) is 5.25. The van der Waals surface area contributed by atoms with Gasteiger partial charge in [0, 0.05) is 12.6 Å². The van der Waals surface area contributed by atoms with E-state index < -0.39 is 0 Å². The average molecular weight is 213 g/mol. The number of aliphatic hydroxyl groups is 1. The van der Waals surface area contributed by atoms with Crippen LogP contribution in [0.15, 0.2) is 16.5 Å². The smallest absolute Gasteiger partial charge is 0.129 e. The molecule has 0 bridgehead atoms. The largest absolute Gasteiger partial charge is 0.462 e. The van der Waals surface area contributed by atoms with E-state index in [2.05, 4.69) is 12.2 Å². The molecular formula is C11H19NO3. The van der Waals surface area contributed by atoms with Crippen LogP contribution >= 0.6 is 0 Å². The minimum absolute atomic E-state index is 0.0471. The zero-order valence-electron chi connectivity index (χ0n) is 9.32. The van der Waals surface area contributed by atoms with Crippen LogP contribution in [0.25, 0.3) is 0 Å². The third-order valence-electron chi connectivity index (χ3n) is 2.07. The Hall–Kier alpha value is -0.840. The standard InChI is InChI=1S/C11H19NO3/c1-3-14-8-9(2)12-6-10-4-5-11(7-13)15-10/h4-5,9,12-13H,3,6-8H2,1-2H3. The van der Waals surface area contributed by atoms with Crippen LogP contribution in [0.5, 0.6) is 0 Å². The number of nitrogens with one attached hydrogen (secondary N) is 1. The maximum Gasteiger partial charge on any atom is 0.129 e. The van der Waals surface area contributed by atoms with E-state index in [4.69, 9.17) is 14.3 Å². The minimum Gasteiger partial charge on any atom is -0.462 e. The van der Waals surface area contributed by atoms with Crippen molar-refractivity contribution in [3.8, 4) is 0 Å². The monoisotopic (exact) mass is 213 g/mol. The number of hydrogen-bond donors (Lipinski definition) is 2. The van der Waals surface area contributed by atoms with Gasteiger partial charge in [-0.15, -0.1) is 0 Å². The van der Waals surface area contributed by atoms with Crippen molar-refractivity contribution in [3.63, 3.8) is 0 Å². The van der Waals surface area contributed by atoms with Crippen LogP contribution in [0, 0.1) is 0 Å². The van der Waals surface area contributed by atoms with Crippen LogP contribution in [0.3, 0.4) is 0 Å². The maximum absolute atomic E-state index is 8.81. The Morgan fingerprint density at radius 2 is 2.20 bits per heavy atom. The summed E-state index contributed by atoms with van der Waals surface area (Å²) in [5, 5.41) is 12.1. The van der Waals surface area contributed by atoms with Crippen molar-refractivity contribution < 1.29 is 14.3 Å². The van der Waals surface area contributed by atoms with Gasteiger partial charge >= 0.3 is 0 Å². The molecule has 1 atom stereocenters.